The van der Waals surface area contributed by atoms with Crippen molar-refractivity contribution in [3.05, 3.63) is 63.5 Å². The molecule has 1 fully saturated rings. The van der Waals surface area contributed by atoms with E-state index in [1.165, 1.54) is 7.11 Å². The van der Waals surface area contributed by atoms with Crippen LogP contribution in [0.25, 0.3) is 6.08 Å². The minimum atomic E-state index is -1.15. The van der Waals surface area contributed by atoms with E-state index in [1.807, 2.05) is 0 Å². The Labute approximate surface area is 214 Å². The largest absolute Gasteiger partial charge is 0.480 e. The van der Waals surface area contributed by atoms with Gasteiger partial charge in [0.2, 0.25) is 0 Å². The minimum absolute atomic E-state index is 0.179. The van der Waals surface area contributed by atoms with E-state index in [2.05, 4.69) is 4.84 Å². The normalized spacial score (nSPS) is 15.5. The summed E-state index contributed by atoms with van der Waals surface area (Å²) < 4.78 is 10.7. The van der Waals surface area contributed by atoms with Gasteiger partial charge >= 0.3 is 11.9 Å². The van der Waals surface area contributed by atoms with Gasteiger partial charge in [0.1, 0.15) is 28.4 Å². The molecule has 12 heteroatoms. The van der Waals surface area contributed by atoms with Crippen LogP contribution < -0.4 is 9.57 Å². The molecule has 3 rings (SSSR count). The van der Waals surface area contributed by atoms with Gasteiger partial charge < -0.3 is 14.6 Å². The number of hydrogen-bond donors (Lipinski definition) is 2. The predicted molar refractivity (Wildman–Crippen MR) is 134 cm³/mol. The van der Waals surface area contributed by atoms with Gasteiger partial charge in [-0.25, -0.2) is 4.84 Å². The number of benzene rings is 2. The van der Waals surface area contributed by atoms with Gasteiger partial charge in [0.25, 0.3) is 5.91 Å². The second-order valence-corrected chi connectivity index (χ2v) is 9.28. The molecule has 1 saturated heterocycles. The molecular formula is C22H18Cl2N2O6S2. The molecule has 1 amide bonds. The number of thioether (sulfide) groups is 1. The third-order valence-electron chi connectivity index (χ3n) is 4.64. The third-order valence-corrected chi connectivity index (χ3v) is 6.61. The zero-order valence-corrected chi connectivity index (χ0v) is 20.8. The highest BCUT2D eigenvalue weighted by atomic mass is 35.5. The van der Waals surface area contributed by atoms with Gasteiger partial charge in [-0.3, -0.25) is 19.3 Å². The van der Waals surface area contributed by atoms with E-state index >= 15 is 0 Å². The topological polar surface area (TPSA) is 105 Å². The molecule has 0 saturated carbocycles. The van der Waals surface area contributed by atoms with Crippen molar-refractivity contribution in [2.24, 2.45) is 0 Å². The van der Waals surface area contributed by atoms with E-state index in [0.717, 1.165) is 22.2 Å². The maximum Gasteiger partial charge on any atom is 0.324 e. The lowest BCUT2D eigenvalue weighted by atomic mass is 10.1. The summed E-state index contributed by atoms with van der Waals surface area (Å²) in [5.41, 5.74) is 1.41. The Hall–Kier alpha value is -2.63. The van der Waals surface area contributed by atoms with E-state index in [1.54, 1.807) is 48.5 Å². The van der Waals surface area contributed by atoms with Crippen LogP contribution in [0, 0.1) is 0 Å². The Kier molecular flexibility index (Phi) is 8.92. The van der Waals surface area contributed by atoms with Crippen LogP contribution in [0.1, 0.15) is 11.1 Å². The maximum atomic E-state index is 12.4. The fourth-order valence-electron chi connectivity index (χ4n) is 2.98. The number of amides is 1. The van der Waals surface area contributed by atoms with Gasteiger partial charge in [-0.05, 0) is 65.7 Å². The Balaban J connectivity index is 1.68. The number of thiocarbonyl (C=S) groups is 1. The summed E-state index contributed by atoms with van der Waals surface area (Å²) >= 11 is 18.1. The lowest BCUT2D eigenvalue weighted by Gasteiger charge is -2.13. The molecule has 0 unspecified atom stereocenters. The number of rotatable bonds is 9. The van der Waals surface area contributed by atoms with E-state index in [4.69, 9.17) is 50.2 Å². The van der Waals surface area contributed by atoms with Crippen molar-refractivity contribution >= 4 is 75.6 Å². The fourth-order valence-corrected chi connectivity index (χ4v) is 4.61. The smallest absolute Gasteiger partial charge is 0.324 e. The van der Waals surface area contributed by atoms with Crippen LogP contribution in [-0.4, -0.2) is 51.9 Å². The predicted octanol–water partition coefficient (Wildman–Crippen LogP) is 4.25. The van der Waals surface area contributed by atoms with Crippen molar-refractivity contribution < 1.29 is 29.0 Å². The zero-order chi connectivity index (χ0) is 24.8. The van der Waals surface area contributed by atoms with E-state index in [0.29, 0.717) is 28.5 Å². The van der Waals surface area contributed by atoms with Crippen molar-refractivity contribution in [3.8, 4) is 11.5 Å². The number of carbonyl (C=O) groups excluding carboxylic acids is 2. The fraction of sp³-hybridized carbons (Fsp3) is 0.182. The second-order valence-electron chi connectivity index (χ2n) is 6.98. The first-order chi connectivity index (χ1) is 16.2. The molecule has 1 aliphatic heterocycles. The van der Waals surface area contributed by atoms with Crippen molar-refractivity contribution in [2.75, 3.05) is 13.7 Å². The maximum absolute atomic E-state index is 12.4. The number of halogens is 2. The monoisotopic (exact) mass is 540 g/mol. The quantitative estimate of drug-likeness (QED) is 0.209. The molecule has 2 aromatic rings. The molecule has 1 aliphatic rings. The first-order valence-corrected chi connectivity index (χ1v) is 11.7. The second kappa shape index (κ2) is 11.7. The van der Waals surface area contributed by atoms with Gasteiger partial charge in [0, 0.05) is 0 Å². The van der Waals surface area contributed by atoms with E-state index in [9.17, 15) is 14.4 Å². The van der Waals surface area contributed by atoms with Gasteiger partial charge in [0.05, 0.1) is 17.0 Å². The van der Waals surface area contributed by atoms with Crippen molar-refractivity contribution in [1.29, 1.82) is 0 Å². The Morgan fingerprint density at radius 3 is 2.50 bits per heavy atom. The summed E-state index contributed by atoms with van der Waals surface area (Å²) in [7, 11) is 1.29. The van der Waals surface area contributed by atoms with Crippen LogP contribution in [0.4, 0.5) is 0 Å². The zero-order valence-electron chi connectivity index (χ0n) is 17.6. The number of esters is 1. The highest BCUT2D eigenvalue weighted by Gasteiger charge is 2.33. The standard InChI is InChI=1S/C22H18Cl2N2O6S2/c1-31-21(30)17(25-24)8-12-2-5-14(6-3-12)32-15-7-4-13(16(23)10-15)9-18-20(29)26(11-19(27)28)22(33)34-18/h2-7,9-10,17,25H,8,11H2,1H3,(H,27,28)/b18-9-/t17-/m0/s1. The lowest BCUT2D eigenvalue weighted by Crippen LogP contribution is -2.33. The molecule has 0 aliphatic carbocycles. The number of aliphatic carboxylic acids is 1. The molecule has 34 heavy (non-hydrogen) atoms. The first kappa shape index (κ1) is 26.0. The molecule has 8 nitrogen and oxygen atoms in total. The molecule has 2 aromatic carbocycles. The van der Waals surface area contributed by atoms with E-state index in [-0.39, 0.29) is 9.23 Å². The van der Waals surface area contributed by atoms with Gasteiger partial charge in [-0.1, -0.05) is 47.7 Å². The minimum Gasteiger partial charge on any atom is -0.480 e. The van der Waals surface area contributed by atoms with Crippen LogP contribution in [0.5, 0.6) is 11.5 Å². The Morgan fingerprint density at radius 2 is 1.91 bits per heavy atom. The van der Waals surface area contributed by atoms with Crippen molar-refractivity contribution in [3.63, 3.8) is 0 Å². The number of nitrogens with one attached hydrogen (secondary N) is 1. The van der Waals surface area contributed by atoms with Crippen LogP contribution in [0.3, 0.4) is 0 Å². The first-order valence-electron chi connectivity index (χ1n) is 9.69. The average Bonchev–Trinajstić information content (AvgIpc) is 3.06. The summed E-state index contributed by atoms with van der Waals surface area (Å²) in [5, 5.41) is 9.27. The van der Waals surface area contributed by atoms with E-state index < -0.39 is 30.4 Å². The highest BCUT2D eigenvalue weighted by molar-refractivity contribution is 8.26. The molecule has 2 N–H and O–H groups in total. The lowest BCUT2D eigenvalue weighted by molar-refractivity contribution is -0.142. The summed E-state index contributed by atoms with van der Waals surface area (Å²) in [5.74, 6) is -1.07. The Morgan fingerprint density at radius 1 is 1.24 bits per heavy atom. The molecule has 1 atom stereocenters. The highest BCUT2D eigenvalue weighted by Crippen LogP contribution is 2.35. The molecular weight excluding hydrogens is 523 g/mol. The Bertz CT molecular complexity index is 1160. The number of ether oxygens (including phenoxy) is 2. The summed E-state index contributed by atoms with van der Waals surface area (Å²) in [6.07, 6.45) is 1.90. The number of methoxy groups -OCH3 is 1. The molecule has 0 bridgehead atoms. The SMILES string of the molecule is COC(=O)[C@H](Cc1ccc(Oc2ccc(/C=C3\SC(=S)N(CC(=O)O)C3=O)c(Cl)c2)cc1)NCl. The van der Waals surface area contributed by atoms with Crippen LogP contribution >= 0.6 is 47.4 Å². The summed E-state index contributed by atoms with van der Waals surface area (Å²) in [4.78, 5) is 38.7. The van der Waals surface area contributed by atoms with Gasteiger partial charge in [-0.2, -0.15) is 0 Å². The number of carboxylic acids is 1. The molecule has 178 valence electrons. The van der Waals surface area contributed by atoms with Crippen LogP contribution in [0.2, 0.25) is 5.02 Å². The molecule has 0 spiro atoms. The van der Waals surface area contributed by atoms with Crippen molar-refractivity contribution in [1.82, 2.24) is 9.74 Å². The molecule has 1 heterocycles. The van der Waals surface area contributed by atoms with Crippen molar-refractivity contribution in [2.45, 2.75) is 12.5 Å². The summed E-state index contributed by atoms with van der Waals surface area (Å²) in [6, 6.07) is 11.4. The van der Waals surface area contributed by atoms with Gasteiger partial charge in [-0.15, -0.1) is 0 Å². The number of carboxylic acid groups (broad SMARTS) is 1. The average molecular weight is 541 g/mol. The molecule has 0 aromatic heterocycles. The third kappa shape index (κ3) is 6.49. The molecule has 0 radical (unpaired) electrons. The number of hydrogen-bond acceptors (Lipinski definition) is 8. The van der Waals surface area contributed by atoms with Gasteiger partial charge in [0.15, 0.2) is 0 Å². The van der Waals surface area contributed by atoms with Crippen LogP contribution in [-0.2, 0) is 25.5 Å². The van der Waals surface area contributed by atoms with Crippen LogP contribution in [0.15, 0.2) is 47.4 Å². The number of carbonyl (C=O) groups is 3. The summed E-state index contributed by atoms with van der Waals surface area (Å²) in [6.45, 7) is -0.493. The number of nitrogens with zero attached hydrogens (tertiary/aromatic N) is 1.